The number of nitrogens with one attached hydrogen (secondary N) is 1. The summed E-state index contributed by atoms with van der Waals surface area (Å²) in [4.78, 5) is 7.24. The van der Waals surface area contributed by atoms with Gasteiger partial charge in [0, 0.05) is 33.7 Å². The van der Waals surface area contributed by atoms with Gasteiger partial charge in [-0.25, -0.2) is 4.98 Å². The first kappa shape index (κ1) is 20.2. The maximum absolute atomic E-state index is 10.4. The quantitative estimate of drug-likeness (QED) is 0.459. The van der Waals surface area contributed by atoms with Crippen LogP contribution in [0, 0.1) is 0 Å². The lowest BCUT2D eigenvalue weighted by Gasteiger charge is -2.16. The third-order valence-corrected chi connectivity index (χ3v) is 6.00. The lowest BCUT2D eigenvalue weighted by Crippen LogP contribution is -2.26. The Morgan fingerprint density at radius 1 is 1.03 bits per heavy atom. The molecular weight excluding hydrogens is 450 g/mol. The Hall–Kier alpha value is -2.08. The zero-order chi connectivity index (χ0) is 20.2. The van der Waals surface area contributed by atoms with Crippen LogP contribution in [0.5, 0.6) is 5.75 Å². The maximum Gasteiger partial charge on any atom is 0.127 e. The van der Waals surface area contributed by atoms with E-state index in [0.29, 0.717) is 16.3 Å². The Morgan fingerprint density at radius 3 is 2.62 bits per heavy atom. The van der Waals surface area contributed by atoms with E-state index in [1.807, 2.05) is 48.5 Å². The molecule has 1 aliphatic heterocycles. The number of halogens is 2. The molecule has 2 aromatic carbocycles. The molecule has 3 aromatic rings. The summed E-state index contributed by atoms with van der Waals surface area (Å²) in [6.45, 7) is 4.16. The Kier molecular flexibility index (Phi) is 6.38. The third-order valence-electron chi connectivity index (χ3n) is 5.18. The van der Waals surface area contributed by atoms with Gasteiger partial charge in [-0.15, -0.1) is 0 Å². The van der Waals surface area contributed by atoms with E-state index in [1.54, 1.807) is 6.07 Å². The Labute approximate surface area is 184 Å². The molecule has 0 radical (unpaired) electrons. The van der Waals surface area contributed by atoms with Crippen molar-refractivity contribution in [3.8, 4) is 28.1 Å². The zero-order valence-corrected chi connectivity index (χ0v) is 18.4. The monoisotopic (exact) mass is 471 g/mol. The van der Waals surface area contributed by atoms with Crippen molar-refractivity contribution in [2.24, 2.45) is 0 Å². The van der Waals surface area contributed by atoms with Crippen LogP contribution in [0.3, 0.4) is 0 Å². The summed E-state index contributed by atoms with van der Waals surface area (Å²) in [6.07, 6.45) is 2.57. The summed E-state index contributed by atoms with van der Waals surface area (Å²) in [7, 11) is 0. The molecule has 1 fully saturated rings. The highest BCUT2D eigenvalue weighted by atomic mass is 79.9. The number of likely N-dealkylation sites (tertiary alicyclic amines) is 1. The van der Waals surface area contributed by atoms with Gasteiger partial charge < -0.3 is 15.3 Å². The van der Waals surface area contributed by atoms with Gasteiger partial charge in [0.05, 0.1) is 5.69 Å². The van der Waals surface area contributed by atoms with Crippen molar-refractivity contribution in [2.45, 2.75) is 12.8 Å². The second kappa shape index (κ2) is 9.16. The van der Waals surface area contributed by atoms with Crippen molar-refractivity contribution in [3.05, 3.63) is 64.1 Å². The number of nitrogens with zero attached hydrogens (tertiary/aromatic N) is 2. The third kappa shape index (κ3) is 4.92. The molecule has 0 amide bonds. The lowest BCUT2D eigenvalue weighted by molar-refractivity contribution is 0.352. The summed E-state index contributed by atoms with van der Waals surface area (Å²) in [5, 5.41) is 14.5. The fraction of sp³-hybridized carbons (Fsp3) is 0.261. The molecule has 0 bridgehead atoms. The average molecular weight is 473 g/mol. The predicted molar refractivity (Wildman–Crippen MR) is 124 cm³/mol. The second-order valence-electron chi connectivity index (χ2n) is 7.24. The van der Waals surface area contributed by atoms with E-state index in [9.17, 15) is 5.11 Å². The van der Waals surface area contributed by atoms with Crippen LogP contribution in [-0.4, -0.2) is 41.2 Å². The van der Waals surface area contributed by atoms with E-state index in [-0.39, 0.29) is 5.75 Å². The van der Waals surface area contributed by atoms with Crippen LogP contribution in [0.4, 0.5) is 5.82 Å². The van der Waals surface area contributed by atoms with E-state index in [4.69, 9.17) is 16.6 Å². The fourth-order valence-electron chi connectivity index (χ4n) is 3.67. The summed E-state index contributed by atoms with van der Waals surface area (Å²) >= 11 is 9.94. The molecule has 1 saturated heterocycles. The van der Waals surface area contributed by atoms with E-state index < -0.39 is 0 Å². The number of hydrogen-bond donors (Lipinski definition) is 2. The summed E-state index contributed by atoms with van der Waals surface area (Å²) in [5.41, 5.74) is 3.28. The molecule has 1 aliphatic rings. The van der Waals surface area contributed by atoms with Crippen molar-refractivity contribution in [3.63, 3.8) is 0 Å². The van der Waals surface area contributed by atoms with Crippen LogP contribution in [0.1, 0.15) is 12.8 Å². The lowest BCUT2D eigenvalue weighted by atomic mass is 10.0. The zero-order valence-electron chi connectivity index (χ0n) is 16.0. The van der Waals surface area contributed by atoms with E-state index in [1.165, 1.54) is 25.9 Å². The van der Waals surface area contributed by atoms with Crippen LogP contribution in [0.15, 0.2) is 59.1 Å². The highest BCUT2D eigenvalue weighted by Crippen LogP contribution is 2.36. The fourth-order valence-corrected chi connectivity index (χ4v) is 4.28. The van der Waals surface area contributed by atoms with E-state index >= 15 is 0 Å². The number of hydrogen-bond acceptors (Lipinski definition) is 4. The normalized spacial score (nSPS) is 14.3. The number of benzene rings is 2. The Balaban J connectivity index is 1.69. The van der Waals surface area contributed by atoms with Gasteiger partial charge >= 0.3 is 0 Å². The van der Waals surface area contributed by atoms with E-state index in [0.717, 1.165) is 34.5 Å². The molecule has 4 rings (SSSR count). The molecule has 6 heteroatoms. The number of rotatable bonds is 6. The van der Waals surface area contributed by atoms with Crippen LogP contribution in [-0.2, 0) is 0 Å². The standard InChI is InChI=1S/C23H23BrClN3O/c24-17-7-8-22(29)19(15-17)21-13-16(18-5-1-2-6-20(18)25)14-23(27-21)26-9-12-28-10-3-4-11-28/h1-2,5-8,13-15,29H,3-4,9-12H2,(H,26,27). The van der Waals surface area contributed by atoms with Gasteiger partial charge in [-0.1, -0.05) is 45.7 Å². The van der Waals surface area contributed by atoms with Crippen molar-refractivity contribution in [2.75, 3.05) is 31.5 Å². The maximum atomic E-state index is 10.4. The molecule has 0 unspecified atom stereocenters. The smallest absolute Gasteiger partial charge is 0.127 e. The largest absolute Gasteiger partial charge is 0.507 e. The van der Waals surface area contributed by atoms with Gasteiger partial charge in [0.25, 0.3) is 0 Å². The van der Waals surface area contributed by atoms with Gasteiger partial charge in [-0.05, 0) is 67.9 Å². The Bertz CT molecular complexity index is 1010. The van der Waals surface area contributed by atoms with Gasteiger partial charge in [0.2, 0.25) is 0 Å². The summed E-state index contributed by atoms with van der Waals surface area (Å²) < 4.78 is 0.888. The van der Waals surface area contributed by atoms with Crippen molar-refractivity contribution in [1.29, 1.82) is 0 Å². The van der Waals surface area contributed by atoms with Gasteiger partial charge in [0.1, 0.15) is 11.6 Å². The number of phenols is 1. The number of aromatic hydroxyl groups is 1. The molecule has 0 spiro atoms. The minimum atomic E-state index is 0.194. The molecule has 1 aromatic heterocycles. The van der Waals surface area contributed by atoms with Crippen molar-refractivity contribution >= 4 is 33.3 Å². The average Bonchev–Trinajstić information content (AvgIpc) is 3.23. The highest BCUT2D eigenvalue weighted by molar-refractivity contribution is 9.10. The summed E-state index contributed by atoms with van der Waals surface area (Å²) in [5.74, 6) is 0.969. The molecule has 0 atom stereocenters. The number of anilines is 1. The molecule has 4 nitrogen and oxygen atoms in total. The van der Waals surface area contributed by atoms with E-state index in [2.05, 4.69) is 26.1 Å². The van der Waals surface area contributed by atoms with Gasteiger partial charge in [0.15, 0.2) is 0 Å². The van der Waals surface area contributed by atoms with Crippen molar-refractivity contribution in [1.82, 2.24) is 9.88 Å². The number of phenolic OH excluding ortho intramolecular Hbond substituents is 1. The molecule has 0 saturated carbocycles. The van der Waals surface area contributed by atoms with Crippen LogP contribution in [0.2, 0.25) is 5.02 Å². The minimum absolute atomic E-state index is 0.194. The number of pyridine rings is 1. The van der Waals surface area contributed by atoms with Crippen LogP contribution >= 0.6 is 27.5 Å². The first-order valence-corrected chi connectivity index (χ1v) is 11.0. The highest BCUT2D eigenvalue weighted by Gasteiger charge is 2.14. The molecule has 2 N–H and O–H groups in total. The van der Waals surface area contributed by atoms with Crippen LogP contribution in [0.25, 0.3) is 22.4 Å². The Morgan fingerprint density at radius 2 is 1.83 bits per heavy atom. The molecular formula is C23H23BrClN3O. The minimum Gasteiger partial charge on any atom is -0.507 e. The molecule has 29 heavy (non-hydrogen) atoms. The van der Waals surface area contributed by atoms with Gasteiger partial charge in [-0.2, -0.15) is 0 Å². The van der Waals surface area contributed by atoms with Gasteiger partial charge in [-0.3, -0.25) is 0 Å². The first-order valence-electron chi connectivity index (χ1n) is 9.82. The summed E-state index contributed by atoms with van der Waals surface area (Å²) in [6, 6.07) is 17.1. The molecule has 2 heterocycles. The topological polar surface area (TPSA) is 48.4 Å². The molecule has 150 valence electrons. The number of aromatic nitrogens is 1. The first-order chi connectivity index (χ1) is 14.1. The SMILES string of the molecule is Oc1ccc(Br)cc1-c1cc(-c2ccccc2Cl)cc(NCCN2CCCC2)n1. The molecule has 0 aliphatic carbocycles. The van der Waals surface area contributed by atoms with Crippen molar-refractivity contribution < 1.29 is 5.11 Å². The predicted octanol–water partition coefficient (Wildman–Crippen LogP) is 6.04. The van der Waals surface area contributed by atoms with Crippen LogP contribution < -0.4 is 5.32 Å². The second-order valence-corrected chi connectivity index (χ2v) is 8.57.